The Kier molecular flexibility index (Phi) is 13.8. The maximum absolute atomic E-state index is 12.1. The van der Waals surface area contributed by atoms with E-state index < -0.39 is 0 Å². The molecule has 0 aromatic heterocycles. The number of ether oxygens (including phenoxy) is 1. The fourth-order valence-electron chi connectivity index (χ4n) is 3.42. The summed E-state index contributed by atoms with van der Waals surface area (Å²) >= 11 is 1.39. The summed E-state index contributed by atoms with van der Waals surface area (Å²) in [6.45, 7) is 9.91. The molecule has 2 saturated heterocycles. The summed E-state index contributed by atoms with van der Waals surface area (Å²) in [4.78, 5) is 29.4. The van der Waals surface area contributed by atoms with Crippen molar-refractivity contribution in [1.82, 2.24) is 9.71 Å². The van der Waals surface area contributed by atoms with Gasteiger partial charge in [-0.05, 0) is 45.3 Å². The van der Waals surface area contributed by atoms with E-state index in [2.05, 4.69) is 16.9 Å². The Morgan fingerprint density at radius 3 is 2.50 bits per heavy atom. The molecule has 26 heavy (non-hydrogen) atoms. The molecule has 1 unspecified atom stereocenters. The topological polar surface area (TPSA) is 62.2 Å². The van der Waals surface area contributed by atoms with Crippen molar-refractivity contribution in [2.24, 2.45) is 16.3 Å². The summed E-state index contributed by atoms with van der Waals surface area (Å²) in [6.07, 6.45) is 2.85. The van der Waals surface area contributed by atoms with Crippen LogP contribution in [0.5, 0.6) is 0 Å². The van der Waals surface area contributed by atoms with Crippen molar-refractivity contribution in [3.8, 4) is 0 Å². The Morgan fingerprint density at radius 1 is 1.38 bits per heavy atom. The van der Waals surface area contributed by atoms with Gasteiger partial charge in [0, 0.05) is 20.1 Å². The van der Waals surface area contributed by atoms with E-state index in [0.29, 0.717) is 12.4 Å². The standard InChI is InChI=1S/C12H21BN2O2.C4H7NOS.C2H6/c1-3-17-11(16)10-8-14(2)9-12(10)4-6-15(13)7-5-12;1-5-4-7-3-2-6;1-2/h10H,3-9H2,1-2H3;2,4H,3H2,1H3;1-2H3. The molecule has 6 nitrogen and oxygen atoms in total. The number of piperidine rings is 1. The minimum atomic E-state index is -0.0256. The van der Waals surface area contributed by atoms with E-state index >= 15 is 0 Å². The lowest BCUT2D eigenvalue weighted by molar-refractivity contribution is -0.152. The molecule has 0 saturated carbocycles. The first-order valence-corrected chi connectivity index (χ1v) is 10.3. The van der Waals surface area contributed by atoms with E-state index in [1.165, 1.54) is 11.8 Å². The maximum atomic E-state index is 12.1. The summed E-state index contributed by atoms with van der Waals surface area (Å²) in [7, 11) is 9.56. The monoisotopic (exact) mass is 383 g/mol. The van der Waals surface area contributed by atoms with Crippen LogP contribution in [0.2, 0.25) is 0 Å². The molecule has 2 aliphatic rings. The Balaban J connectivity index is 0.000000589. The maximum Gasteiger partial charge on any atom is 0.310 e. The van der Waals surface area contributed by atoms with Crippen molar-refractivity contribution in [3.63, 3.8) is 0 Å². The van der Waals surface area contributed by atoms with Crippen LogP contribution in [0.4, 0.5) is 0 Å². The summed E-state index contributed by atoms with van der Waals surface area (Å²) in [5.74, 6) is 0.514. The molecule has 0 aliphatic carbocycles. The number of carbonyl (C=O) groups is 2. The second-order valence-corrected chi connectivity index (χ2v) is 7.14. The summed E-state index contributed by atoms with van der Waals surface area (Å²) in [6, 6.07) is 0. The van der Waals surface area contributed by atoms with Gasteiger partial charge in [-0.2, -0.15) is 0 Å². The van der Waals surface area contributed by atoms with Crippen LogP contribution < -0.4 is 0 Å². The minimum absolute atomic E-state index is 0.0256. The third-order valence-electron chi connectivity index (χ3n) is 4.53. The number of rotatable bonds is 5. The van der Waals surface area contributed by atoms with Crippen molar-refractivity contribution < 1.29 is 14.3 Å². The van der Waals surface area contributed by atoms with E-state index in [4.69, 9.17) is 12.7 Å². The zero-order chi connectivity index (χ0) is 20.0. The van der Waals surface area contributed by atoms with Gasteiger partial charge in [0.25, 0.3) is 0 Å². The summed E-state index contributed by atoms with van der Waals surface area (Å²) < 4.78 is 5.22. The van der Waals surface area contributed by atoms with Gasteiger partial charge >= 0.3 is 5.97 Å². The van der Waals surface area contributed by atoms with E-state index in [1.807, 2.05) is 25.6 Å². The van der Waals surface area contributed by atoms with Gasteiger partial charge in [-0.1, -0.05) is 13.8 Å². The quantitative estimate of drug-likeness (QED) is 0.180. The largest absolute Gasteiger partial charge is 0.466 e. The number of aliphatic imine (C=N–C) groups is 1. The predicted molar refractivity (Wildman–Crippen MR) is 111 cm³/mol. The Bertz CT molecular complexity index is 430. The van der Waals surface area contributed by atoms with Gasteiger partial charge in [0.2, 0.25) is 0 Å². The van der Waals surface area contributed by atoms with Crippen LogP contribution in [-0.2, 0) is 14.3 Å². The van der Waals surface area contributed by atoms with Gasteiger partial charge in [-0.15, -0.1) is 11.8 Å². The van der Waals surface area contributed by atoms with Crippen molar-refractivity contribution in [2.45, 2.75) is 33.6 Å². The van der Waals surface area contributed by atoms with Crippen LogP contribution in [0.3, 0.4) is 0 Å². The molecule has 1 spiro atoms. The third-order valence-corrected chi connectivity index (χ3v) is 5.22. The highest BCUT2D eigenvalue weighted by Gasteiger charge is 2.50. The molecule has 0 bridgehead atoms. The number of esters is 1. The van der Waals surface area contributed by atoms with Crippen LogP contribution >= 0.6 is 11.8 Å². The molecule has 2 rings (SSSR count). The number of aldehydes is 1. The molecule has 0 aromatic carbocycles. The number of hydrogen-bond acceptors (Lipinski definition) is 7. The first-order chi connectivity index (χ1) is 12.5. The summed E-state index contributed by atoms with van der Waals surface area (Å²) in [5, 5.41) is 0. The van der Waals surface area contributed by atoms with Gasteiger partial charge in [-0.3, -0.25) is 9.79 Å². The molecular formula is C18H34BN3O3S. The lowest BCUT2D eigenvalue weighted by atomic mass is 9.70. The number of hydrogen-bond donors (Lipinski definition) is 0. The molecule has 0 aromatic rings. The second kappa shape index (κ2) is 14.2. The minimum Gasteiger partial charge on any atom is -0.466 e. The first kappa shape index (κ1) is 25.1. The molecule has 0 amide bonds. The lowest BCUT2D eigenvalue weighted by Crippen LogP contribution is -2.45. The van der Waals surface area contributed by atoms with E-state index in [-0.39, 0.29) is 17.3 Å². The molecule has 1 atom stereocenters. The van der Waals surface area contributed by atoms with Crippen molar-refractivity contribution in [2.75, 3.05) is 52.6 Å². The molecule has 8 heteroatoms. The molecule has 2 fully saturated rings. The van der Waals surface area contributed by atoms with Gasteiger partial charge in [0.05, 0.1) is 23.8 Å². The number of carbonyl (C=O) groups excluding carboxylic acids is 2. The van der Waals surface area contributed by atoms with Gasteiger partial charge < -0.3 is 19.2 Å². The SMILES string of the molecule is CC.CN=CSCC=O.[B]N1CCC2(CC1)CN(C)CC2C(=O)OCC. The van der Waals surface area contributed by atoms with Gasteiger partial charge in [0.1, 0.15) is 6.29 Å². The summed E-state index contributed by atoms with van der Waals surface area (Å²) in [5.41, 5.74) is 1.74. The zero-order valence-electron chi connectivity index (χ0n) is 16.9. The molecular weight excluding hydrogens is 349 g/mol. The molecule has 148 valence electrons. The molecule has 2 aliphatic heterocycles. The molecule has 2 heterocycles. The third kappa shape index (κ3) is 8.23. The highest BCUT2D eigenvalue weighted by Crippen LogP contribution is 2.44. The Morgan fingerprint density at radius 2 is 2.00 bits per heavy atom. The van der Waals surface area contributed by atoms with Crippen molar-refractivity contribution >= 4 is 37.5 Å². The average molecular weight is 383 g/mol. The smallest absolute Gasteiger partial charge is 0.310 e. The fraction of sp³-hybridized carbons (Fsp3) is 0.833. The normalized spacial score (nSPS) is 22.3. The second-order valence-electron chi connectivity index (χ2n) is 6.26. The highest BCUT2D eigenvalue weighted by molar-refractivity contribution is 8.12. The van der Waals surface area contributed by atoms with Crippen molar-refractivity contribution in [3.05, 3.63) is 0 Å². The van der Waals surface area contributed by atoms with Crippen LogP contribution in [0, 0.1) is 11.3 Å². The van der Waals surface area contributed by atoms with Crippen LogP contribution in [-0.4, -0.2) is 88.1 Å². The van der Waals surface area contributed by atoms with Crippen LogP contribution in [0.1, 0.15) is 33.6 Å². The van der Waals surface area contributed by atoms with E-state index in [0.717, 1.165) is 45.3 Å². The van der Waals surface area contributed by atoms with Crippen LogP contribution in [0.15, 0.2) is 4.99 Å². The average Bonchev–Trinajstić information content (AvgIpc) is 2.97. The van der Waals surface area contributed by atoms with Crippen molar-refractivity contribution in [1.29, 1.82) is 0 Å². The van der Waals surface area contributed by atoms with Gasteiger partial charge in [-0.25, -0.2) is 0 Å². The highest BCUT2D eigenvalue weighted by atomic mass is 32.2. The molecule has 0 N–H and O–H groups in total. The lowest BCUT2D eigenvalue weighted by Gasteiger charge is -2.40. The Labute approximate surface area is 164 Å². The fourth-order valence-corrected chi connectivity index (χ4v) is 3.73. The van der Waals surface area contributed by atoms with E-state index in [9.17, 15) is 9.59 Å². The zero-order valence-corrected chi connectivity index (χ0v) is 17.8. The predicted octanol–water partition coefficient (Wildman–Crippen LogP) is 1.88. The number of nitrogens with zero attached hydrogens (tertiary/aromatic N) is 3. The molecule has 2 radical (unpaired) electrons. The first-order valence-electron chi connectivity index (χ1n) is 9.29. The van der Waals surface area contributed by atoms with Crippen LogP contribution in [0.25, 0.3) is 0 Å². The van der Waals surface area contributed by atoms with E-state index in [1.54, 1.807) is 12.6 Å². The number of likely N-dealkylation sites (tertiary alicyclic amines) is 1. The van der Waals surface area contributed by atoms with Gasteiger partial charge in [0.15, 0.2) is 7.98 Å². The Hall–Kier alpha value is -0.855. The number of thioether (sulfide) groups is 1.